The zero-order chi connectivity index (χ0) is 33.5. The number of carbonyl (C=O) groups is 1. The lowest BCUT2D eigenvalue weighted by molar-refractivity contribution is -0.111. The highest BCUT2D eigenvalue weighted by atomic mass is 16.7. The van der Waals surface area contributed by atoms with Gasteiger partial charge in [0.25, 0.3) is 0 Å². The van der Waals surface area contributed by atoms with Crippen molar-refractivity contribution in [2.24, 2.45) is 0 Å². The van der Waals surface area contributed by atoms with Gasteiger partial charge >= 0.3 is 0 Å². The number of nitrogens with zero attached hydrogens (tertiary/aromatic N) is 6. The molecule has 2 N–H and O–H groups in total. The number of amides is 1. The highest BCUT2D eigenvalue weighted by molar-refractivity contribution is 6.02. The Balaban J connectivity index is 1.19. The van der Waals surface area contributed by atoms with E-state index in [0.29, 0.717) is 41.4 Å². The van der Waals surface area contributed by atoms with E-state index in [1.54, 1.807) is 14.2 Å². The van der Waals surface area contributed by atoms with E-state index in [2.05, 4.69) is 54.5 Å². The number of hydrogen-bond acceptors (Lipinski definition) is 11. The first-order chi connectivity index (χ1) is 23.5. The number of carbonyl (C=O) groups excluding carboxylic acids is 1. The van der Waals surface area contributed by atoms with E-state index in [-0.39, 0.29) is 11.9 Å². The summed E-state index contributed by atoms with van der Waals surface area (Å²) in [4.78, 5) is 35.0. The number of aromatic nitrogens is 2. The zero-order valence-corrected chi connectivity index (χ0v) is 27.9. The topological polar surface area (TPSA) is 108 Å². The predicted molar refractivity (Wildman–Crippen MR) is 189 cm³/mol. The largest absolute Gasteiger partial charge is 0.497 e. The van der Waals surface area contributed by atoms with E-state index in [9.17, 15) is 4.79 Å². The number of piperidine rings is 1. The van der Waals surface area contributed by atoms with Gasteiger partial charge in [0.05, 0.1) is 43.9 Å². The SMILES string of the molecule is C=CCN1CCN(C2CCN(c3cc(OC)c(Nc4cc(N5OCC[C@@H]5c5cccc(OC)c5)ncn4)cc3NC(=O)C=C)CC2)CC1. The van der Waals surface area contributed by atoms with Crippen molar-refractivity contribution in [2.45, 2.75) is 31.3 Å². The number of benzene rings is 2. The summed E-state index contributed by atoms with van der Waals surface area (Å²) in [5.41, 5.74) is 3.32. The van der Waals surface area contributed by atoms with Crippen molar-refractivity contribution in [3.05, 3.63) is 79.7 Å². The van der Waals surface area contributed by atoms with Gasteiger partial charge < -0.3 is 25.0 Å². The lowest BCUT2D eigenvalue weighted by Crippen LogP contribution is -2.53. The van der Waals surface area contributed by atoms with Crippen LogP contribution >= 0.6 is 0 Å². The van der Waals surface area contributed by atoms with Gasteiger partial charge in [-0.1, -0.05) is 24.8 Å². The van der Waals surface area contributed by atoms with Gasteiger partial charge in [-0.2, -0.15) is 0 Å². The van der Waals surface area contributed by atoms with E-state index in [1.165, 1.54) is 12.4 Å². The minimum atomic E-state index is -0.279. The first-order valence-electron chi connectivity index (χ1n) is 16.6. The molecule has 3 aliphatic heterocycles. The summed E-state index contributed by atoms with van der Waals surface area (Å²) in [6.45, 7) is 15.2. The zero-order valence-electron chi connectivity index (χ0n) is 27.9. The average molecular weight is 655 g/mol. The molecule has 1 atom stereocenters. The van der Waals surface area contributed by atoms with Crippen LogP contribution in [0.1, 0.15) is 30.9 Å². The quantitative estimate of drug-likeness (QED) is 0.203. The minimum absolute atomic E-state index is 0.0246. The van der Waals surface area contributed by atoms with Crippen LogP contribution in [0, 0.1) is 0 Å². The number of methoxy groups -OCH3 is 2. The summed E-state index contributed by atoms with van der Waals surface area (Å²) >= 11 is 0. The van der Waals surface area contributed by atoms with Gasteiger partial charge in [-0.05, 0) is 42.7 Å². The van der Waals surface area contributed by atoms with E-state index in [1.807, 2.05) is 47.5 Å². The van der Waals surface area contributed by atoms with Crippen LogP contribution in [0.4, 0.5) is 28.7 Å². The summed E-state index contributed by atoms with van der Waals surface area (Å²) in [5.74, 6) is 2.33. The van der Waals surface area contributed by atoms with Gasteiger partial charge in [-0.3, -0.25) is 19.4 Å². The summed E-state index contributed by atoms with van der Waals surface area (Å²) in [5, 5.41) is 8.24. The van der Waals surface area contributed by atoms with Crippen LogP contribution in [0.5, 0.6) is 11.5 Å². The maximum Gasteiger partial charge on any atom is 0.247 e. The number of anilines is 5. The van der Waals surface area contributed by atoms with Crippen molar-refractivity contribution < 1.29 is 19.1 Å². The molecule has 12 nitrogen and oxygen atoms in total. The number of rotatable bonds is 12. The van der Waals surface area contributed by atoms with Crippen molar-refractivity contribution in [1.82, 2.24) is 19.8 Å². The van der Waals surface area contributed by atoms with Gasteiger partial charge in [-0.15, -0.1) is 6.58 Å². The molecule has 254 valence electrons. The minimum Gasteiger partial charge on any atom is -0.497 e. The summed E-state index contributed by atoms with van der Waals surface area (Å²) in [6, 6.07) is 14.2. The lowest BCUT2D eigenvalue weighted by Gasteiger charge is -2.43. The first-order valence-corrected chi connectivity index (χ1v) is 16.6. The van der Waals surface area contributed by atoms with E-state index in [0.717, 1.165) is 82.1 Å². The van der Waals surface area contributed by atoms with Crippen LogP contribution in [0.25, 0.3) is 0 Å². The maximum absolute atomic E-state index is 12.6. The molecule has 3 aromatic rings. The molecular weight excluding hydrogens is 608 g/mol. The molecule has 3 aliphatic rings. The fourth-order valence-electron chi connectivity index (χ4n) is 6.87. The molecule has 2 aromatic carbocycles. The third-order valence-electron chi connectivity index (χ3n) is 9.40. The number of nitrogens with one attached hydrogen (secondary N) is 2. The van der Waals surface area contributed by atoms with Crippen LogP contribution in [0.15, 0.2) is 74.1 Å². The molecule has 0 aliphatic carbocycles. The monoisotopic (exact) mass is 654 g/mol. The molecular formula is C36H46N8O4. The van der Waals surface area contributed by atoms with E-state index in [4.69, 9.17) is 14.3 Å². The number of piperazine rings is 1. The molecule has 0 spiro atoms. The van der Waals surface area contributed by atoms with Gasteiger partial charge in [0.15, 0.2) is 5.82 Å². The second kappa shape index (κ2) is 15.5. The average Bonchev–Trinajstić information content (AvgIpc) is 3.63. The molecule has 0 unspecified atom stereocenters. The normalized spacial score (nSPS) is 19.2. The molecule has 1 amide bonds. The smallest absolute Gasteiger partial charge is 0.247 e. The van der Waals surface area contributed by atoms with Crippen LogP contribution < -0.4 is 30.1 Å². The Bertz CT molecular complexity index is 1590. The number of hydrogen-bond donors (Lipinski definition) is 2. The highest BCUT2D eigenvalue weighted by Crippen LogP contribution is 2.41. The van der Waals surface area contributed by atoms with E-state index >= 15 is 0 Å². The Morgan fingerprint density at radius 1 is 0.979 bits per heavy atom. The predicted octanol–water partition coefficient (Wildman–Crippen LogP) is 5.02. The van der Waals surface area contributed by atoms with Gasteiger partial charge in [-0.25, -0.2) is 15.0 Å². The fourth-order valence-corrected chi connectivity index (χ4v) is 6.87. The number of ether oxygens (including phenoxy) is 2. The van der Waals surface area contributed by atoms with Gasteiger partial charge in [0.1, 0.15) is 23.6 Å². The lowest BCUT2D eigenvalue weighted by atomic mass is 10.0. The Labute approximate surface area is 282 Å². The molecule has 12 heteroatoms. The van der Waals surface area contributed by atoms with E-state index < -0.39 is 0 Å². The van der Waals surface area contributed by atoms with Crippen molar-refractivity contribution in [1.29, 1.82) is 0 Å². The van der Waals surface area contributed by atoms with Crippen molar-refractivity contribution in [2.75, 3.05) is 87.2 Å². The molecule has 0 saturated carbocycles. The summed E-state index contributed by atoms with van der Waals surface area (Å²) < 4.78 is 11.3. The Morgan fingerprint density at radius 2 is 1.79 bits per heavy atom. The molecule has 0 radical (unpaired) electrons. The first kappa shape index (κ1) is 33.3. The standard InChI is InChI=1S/C36H46N8O4/c1-5-13-41-16-18-42(19-17-41)27-10-14-43(15-11-27)32-23-33(47-4)30(22-29(32)40-36(45)6-2)39-34-24-35(38-25-37-34)44-31(12-20-48-44)26-8-7-9-28(21-26)46-3/h5-9,21-25,27,31H,1-2,10-20H2,3-4H3,(H,40,45)(H,37,38,39)/t31-/m1/s1. The molecule has 3 fully saturated rings. The molecule has 48 heavy (non-hydrogen) atoms. The van der Waals surface area contributed by atoms with Crippen LogP contribution in [-0.4, -0.2) is 98.4 Å². The third-order valence-corrected chi connectivity index (χ3v) is 9.40. The summed E-state index contributed by atoms with van der Waals surface area (Å²) in [7, 11) is 3.31. The highest BCUT2D eigenvalue weighted by Gasteiger charge is 2.31. The Kier molecular flexibility index (Phi) is 10.7. The second-order valence-corrected chi connectivity index (χ2v) is 12.2. The van der Waals surface area contributed by atoms with Crippen LogP contribution in [-0.2, 0) is 9.63 Å². The summed E-state index contributed by atoms with van der Waals surface area (Å²) in [6.07, 6.45) is 7.69. The molecule has 4 heterocycles. The van der Waals surface area contributed by atoms with Crippen molar-refractivity contribution >= 4 is 34.6 Å². The van der Waals surface area contributed by atoms with Crippen molar-refractivity contribution in [3.8, 4) is 11.5 Å². The van der Waals surface area contributed by atoms with Crippen molar-refractivity contribution in [3.63, 3.8) is 0 Å². The second-order valence-electron chi connectivity index (χ2n) is 12.2. The Morgan fingerprint density at radius 3 is 2.52 bits per heavy atom. The molecule has 6 rings (SSSR count). The molecule has 0 bridgehead atoms. The van der Waals surface area contributed by atoms with Gasteiger partial charge in [0, 0.05) is 70.4 Å². The van der Waals surface area contributed by atoms with Gasteiger partial charge in [0.2, 0.25) is 5.91 Å². The van der Waals surface area contributed by atoms with Crippen LogP contribution in [0.2, 0.25) is 0 Å². The number of hydroxylamine groups is 1. The molecule has 1 aromatic heterocycles. The maximum atomic E-state index is 12.6. The third kappa shape index (κ3) is 7.56. The van der Waals surface area contributed by atoms with Crippen LogP contribution in [0.3, 0.4) is 0 Å². The Hall–Kier alpha value is -4.65. The molecule has 3 saturated heterocycles. The fraction of sp³-hybridized carbons (Fsp3) is 0.417.